The molecule has 0 aromatic rings. The molecule has 1 aliphatic heterocycles. The number of hydrogen-bond donors (Lipinski definition) is 0. The first kappa shape index (κ1) is 6.13. The van der Waals surface area contributed by atoms with Crippen LogP contribution in [0.5, 0.6) is 0 Å². The zero-order valence-electron chi connectivity index (χ0n) is 5.33. The van der Waals surface area contributed by atoms with E-state index in [9.17, 15) is 4.79 Å². The molecule has 0 saturated carbocycles. The van der Waals surface area contributed by atoms with Gasteiger partial charge in [-0.2, -0.15) is 0 Å². The molecule has 1 rings (SSSR count). The van der Waals surface area contributed by atoms with Gasteiger partial charge < -0.3 is 9.64 Å². The van der Waals surface area contributed by atoms with E-state index in [1.807, 2.05) is 0 Å². The molecule has 50 valence electrons. The lowest BCUT2D eigenvalue weighted by atomic mass is 10.3. The summed E-state index contributed by atoms with van der Waals surface area (Å²) in [7, 11) is 1.70. The fraction of sp³-hybridized carbons (Fsp3) is 0.500. The summed E-state index contributed by atoms with van der Waals surface area (Å²) in [6.07, 6.45) is 1.25. The number of rotatable bonds is 1. The first-order chi connectivity index (χ1) is 4.24. The molecule has 1 fully saturated rings. The number of nitrogens with zero attached hydrogens (tertiary/aromatic N) is 1. The van der Waals surface area contributed by atoms with Crippen LogP contribution in [0, 0.1) is 0 Å². The smallest absolute Gasteiger partial charge is 0.410 e. The lowest BCUT2D eigenvalue weighted by Crippen LogP contribution is -2.18. The van der Waals surface area contributed by atoms with E-state index in [-0.39, 0.29) is 12.2 Å². The summed E-state index contributed by atoms with van der Waals surface area (Å²) >= 11 is 0. The van der Waals surface area contributed by atoms with Crippen LogP contribution in [0.1, 0.15) is 0 Å². The van der Waals surface area contributed by atoms with Crippen LogP contribution in [0.2, 0.25) is 0 Å². The third-order valence-electron chi connectivity index (χ3n) is 1.28. The summed E-state index contributed by atoms with van der Waals surface area (Å²) in [6.45, 7) is 4.14. The van der Waals surface area contributed by atoms with Gasteiger partial charge in [0.2, 0.25) is 0 Å². The maximum atomic E-state index is 10.6. The van der Waals surface area contributed by atoms with E-state index < -0.39 is 0 Å². The molecule has 0 spiro atoms. The van der Waals surface area contributed by atoms with E-state index in [0.29, 0.717) is 6.54 Å². The van der Waals surface area contributed by atoms with Crippen molar-refractivity contribution >= 4 is 6.09 Å². The van der Waals surface area contributed by atoms with Crippen molar-refractivity contribution in [2.45, 2.75) is 6.10 Å². The number of cyclic esters (lactones) is 1. The number of ether oxygens (including phenoxy) is 1. The average molecular weight is 127 g/mol. The van der Waals surface area contributed by atoms with Crippen LogP contribution < -0.4 is 0 Å². The van der Waals surface area contributed by atoms with Crippen molar-refractivity contribution < 1.29 is 9.53 Å². The predicted molar refractivity (Wildman–Crippen MR) is 33.1 cm³/mol. The van der Waals surface area contributed by atoms with Gasteiger partial charge in [0.25, 0.3) is 0 Å². The molecule has 0 N–H and O–H groups in total. The zero-order chi connectivity index (χ0) is 6.85. The van der Waals surface area contributed by atoms with Gasteiger partial charge in [-0.25, -0.2) is 4.79 Å². The van der Waals surface area contributed by atoms with Gasteiger partial charge in [-0.3, -0.25) is 0 Å². The number of carbonyl (C=O) groups excluding carboxylic acids is 1. The summed E-state index contributed by atoms with van der Waals surface area (Å²) in [5.74, 6) is 0. The number of likely N-dealkylation sites (N-methyl/N-ethyl adjacent to an activating group) is 1. The molecule has 9 heavy (non-hydrogen) atoms. The summed E-state index contributed by atoms with van der Waals surface area (Å²) in [6, 6.07) is 0. The fourth-order valence-electron chi connectivity index (χ4n) is 0.724. The minimum absolute atomic E-state index is 0.109. The van der Waals surface area contributed by atoms with Gasteiger partial charge in [-0.15, -0.1) is 0 Å². The van der Waals surface area contributed by atoms with Crippen LogP contribution in [-0.2, 0) is 4.74 Å². The maximum absolute atomic E-state index is 10.6. The highest BCUT2D eigenvalue weighted by molar-refractivity contribution is 5.69. The van der Waals surface area contributed by atoms with Gasteiger partial charge in [-0.05, 0) is 6.08 Å². The molecule has 0 unspecified atom stereocenters. The number of hydrogen-bond acceptors (Lipinski definition) is 2. The Morgan fingerprint density at radius 2 is 2.67 bits per heavy atom. The van der Waals surface area contributed by atoms with Gasteiger partial charge in [0.1, 0.15) is 6.10 Å². The number of amides is 1. The highest BCUT2D eigenvalue weighted by Crippen LogP contribution is 2.08. The summed E-state index contributed by atoms with van der Waals surface area (Å²) in [5, 5.41) is 0. The quantitative estimate of drug-likeness (QED) is 0.483. The van der Waals surface area contributed by atoms with Crippen molar-refractivity contribution in [2.24, 2.45) is 0 Å². The molecule has 0 radical (unpaired) electrons. The van der Waals surface area contributed by atoms with Crippen LogP contribution >= 0.6 is 0 Å². The van der Waals surface area contributed by atoms with E-state index in [1.54, 1.807) is 13.1 Å². The largest absolute Gasteiger partial charge is 0.440 e. The molecule has 0 bridgehead atoms. The molecule has 1 saturated heterocycles. The Balaban J connectivity index is 2.53. The third kappa shape index (κ3) is 1.04. The van der Waals surface area contributed by atoms with Gasteiger partial charge in [0.05, 0.1) is 6.54 Å². The van der Waals surface area contributed by atoms with Crippen LogP contribution in [-0.4, -0.2) is 30.7 Å². The van der Waals surface area contributed by atoms with E-state index in [4.69, 9.17) is 4.74 Å². The van der Waals surface area contributed by atoms with Crippen molar-refractivity contribution in [3.05, 3.63) is 12.7 Å². The third-order valence-corrected chi connectivity index (χ3v) is 1.28. The van der Waals surface area contributed by atoms with Crippen LogP contribution in [0.25, 0.3) is 0 Å². The first-order valence-electron chi connectivity index (χ1n) is 2.78. The van der Waals surface area contributed by atoms with Gasteiger partial charge in [0, 0.05) is 7.05 Å². The molecule has 1 heterocycles. The Morgan fingerprint density at radius 1 is 2.00 bits per heavy atom. The second-order valence-corrected chi connectivity index (χ2v) is 2.04. The molecule has 1 atom stereocenters. The van der Waals surface area contributed by atoms with Crippen molar-refractivity contribution in [1.29, 1.82) is 0 Å². The summed E-state index contributed by atoms with van der Waals surface area (Å²) < 4.78 is 4.79. The zero-order valence-corrected chi connectivity index (χ0v) is 5.33. The molecule has 1 aliphatic rings. The van der Waals surface area contributed by atoms with E-state index in [0.717, 1.165) is 0 Å². The van der Waals surface area contributed by atoms with E-state index in [1.165, 1.54) is 4.90 Å². The average Bonchev–Trinajstić information content (AvgIpc) is 2.13. The predicted octanol–water partition coefficient (Wildman–Crippen LogP) is 0.623. The minimum atomic E-state index is -0.264. The standard InChI is InChI=1S/C6H9NO2/c1-3-5-4-7(2)6(8)9-5/h3,5H,1,4H2,2H3/t5-/m1/s1. The number of carbonyl (C=O) groups is 1. The van der Waals surface area contributed by atoms with Crippen molar-refractivity contribution in [3.8, 4) is 0 Å². The topological polar surface area (TPSA) is 29.5 Å². The Morgan fingerprint density at radius 3 is 2.89 bits per heavy atom. The Labute approximate surface area is 53.9 Å². The van der Waals surface area contributed by atoms with Gasteiger partial charge >= 0.3 is 6.09 Å². The molecular formula is C6H9NO2. The van der Waals surface area contributed by atoms with Crippen molar-refractivity contribution in [3.63, 3.8) is 0 Å². The Bertz CT molecular complexity index is 144. The van der Waals surface area contributed by atoms with Crippen LogP contribution in [0.3, 0.4) is 0 Å². The highest BCUT2D eigenvalue weighted by Gasteiger charge is 2.25. The lowest BCUT2D eigenvalue weighted by Gasteiger charge is -1.99. The second kappa shape index (κ2) is 2.09. The van der Waals surface area contributed by atoms with Gasteiger partial charge in [-0.1, -0.05) is 6.58 Å². The molecule has 3 nitrogen and oxygen atoms in total. The second-order valence-electron chi connectivity index (χ2n) is 2.04. The van der Waals surface area contributed by atoms with Crippen molar-refractivity contribution in [1.82, 2.24) is 4.90 Å². The van der Waals surface area contributed by atoms with Crippen LogP contribution in [0.4, 0.5) is 4.79 Å². The molecule has 3 heteroatoms. The van der Waals surface area contributed by atoms with E-state index >= 15 is 0 Å². The molecule has 0 aromatic heterocycles. The molecule has 0 aliphatic carbocycles. The monoisotopic (exact) mass is 127 g/mol. The molecular weight excluding hydrogens is 118 g/mol. The highest BCUT2D eigenvalue weighted by atomic mass is 16.6. The normalized spacial score (nSPS) is 26.1. The van der Waals surface area contributed by atoms with Crippen LogP contribution in [0.15, 0.2) is 12.7 Å². The Hall–Kier alpha value is -0.990. The minimum Gasteiger partial charge on any atom is -0.440 e. The SMILES string of the molecule is C=C[C@@H]1CN(C)C(=O)O1. The molecule has 0 aromatic carbocycles. The van der Waals surface area contributed by atoms with E-state index in [2.05, 4.69) is 6.58 Å². The fourth-order valence-corrected chi connectivity index (χ4v) is 0.724. The first-order valence-corrected chi connectivity index (χ1v) is 2.78. The Kier molecular flexibility index (Phi) is 1.42. The summed E-state index contributed by atoms with van der Waals surface area (Å²) in [4.78, 5) is 12.1. The van der Waals surface area contributed by atoms with Crippen molar-refractivity contribution in [2.75, 3.05) is 13.6 Å². The molecule has 1 amide bonds. The lowest BCUT2D eigenvalue weighted by molar-refractivity contribution is 0.149. The summed E-state index contributed by atoms with van der Waals surface area (Å²) in [5.41, 5.74) is 0. The van der Waals surface area contributed by atoms with Gasteiger partial charge in [0.15, 0.2) is 0 Å². The maximum Gasteiger partial charge on any atom is 0.410 e.